The molecule has 0 radical (unpaired) electrons. The van der Waals surface area contributed by atoms with Gasteiger partial charge in [0.25, 0.3) is 11.8 Å². The summed E-state index contributed by atoms with van der Waals surface area (Å²) in [4.78, 5) is 53.5. The lowest BCUT2D eigenvalue weighted by atomic mass is 9.83. The van der Waals surface area contributed by atoms with E-state index in [0.29, 0.717) is 24.1 Å². The van der Waals surface area contributed by atoms with Crippen LogP contribution in [0.4, 0.5) is 0 Å². The number of fused-ring (bicyclic) bond motifs is 2. The molecule has 7 heteroatoms. The lowest BCUT2D eigenvalue weighted by molar-refractivity contribution is -0.136. The predicted molar refractivity (Wildman–Crippen MR) is 117 cm³/mol. The number of carbonyl (C=O) groups excluding carboxylic acids is 4. The average Bonchev–Trinajstić information content (AvgIpc) is 3.09. The Morgan fingerprint density at radius 2 is 1.81 bits per heavy atom. The highest BCUT2D eigenvalue weighted by atomic mass is 16.2. The Hall–Kier alpha value is -3.48. The smallest absolute Gasteiger partial charge is 0.255 e. The Balaban J connectivity index is 1.40. The van der Waals surface area contributed by atoms with E-state index in [-0.39, 0.29) is 30.7 Å². The molecule has 3 aliphatic rings. The lowest BCUT2D eigenvalue weighted by Gasteiger charge is -2.44. The van der Waals surface area contributed by atoms with Crippen molar-refractivity contribution >= 4 is 23.6 Å². The molecule has 32 heavy (non-hydrogen) atoms. The molecule has 5 rings (SSSR count). The van der Waals surface area contributed by atoms with Crippen LogP contribution in [-0.2, 0) is 28.1 Å². The van der Waals surface area contributed by atoms with Gasteiger partial charge in [-0.15, -0.1) is 0 Å². The molecule has 1 N–H and O–H groups in total. The molecule has 2 aromatic rings. The van der Waals surface area contributed by atoms with Gasteiger partial charge < -0.3 is 9.80 Å². The normalized spacial score (nSPS) is 21.8. The van der Waals surface area contributed by atoms with Crippen molar-refractivity contribution < 1.29 is 19.2 Å². The number of imide groups is 1. The Labute approximate surface area is 186 Å². The molecule has 1 unspecified atom stereocenters. The van der Waals surface area contributed by atoms with Gasteiger partial charge in [0.2, 0.25) is 11.8 Å². The first-order valence-electron chi connectivity index (χ1n) is 11.0. The highest BCUT2D eigenvalue weighted by Gasteiger charge is 2.41. The molecule has 1 saturated heterocycles. The van der Waals surface area contributed by atoms with E-state index in [1.165, 1.54) is 10.5 Å². The molecule has 0 aliphatic carbocycles. The van der Waals surface area contributed by atoms with E-state index in [0.717, 1.165) is 17.5 Å². The third-order valence-electron chi connectivity index (χ3n) is 6.97. The van der Waals surface area contributed by atoms with Crippen LogP contribution in [-0.4, -0.2) is 46.0 Å². The first-order chi connectivity index (χ1) is 15.3. The van der Waals surface area contributed by atoms with Gasteiger partial charge in [-0.1, -0.05) is 24.3 Å². The standard InChI is InChI=1S/C25H25N3O4/c1-25(2)19-6-4-3-5-15(19)11-12-28(25)23(31)16-7-8-18-17(13-16)14-27(24(18)32)20-9-10-21(29)26-22(20)30/h3-8,13,20H,9-12,14H2,1-2H3,(H,26,29,30). The summed E-state index contributed by atoms with van der Waals surface area (Å²) < 4.78 is 0. The number of benzene rings is 2. The van der Waals surface area contributed by atoms with Crippen LogP contribution >= 0.6 is 0 Å². The van der Waals surface area contributed by atoms with Gasteiger partial charge in [0.05, 0.1) is 5.54 Å². The van der Waals surface area contributed by atoms with Crippen LogP contribution in [0.15, 0.2) is 42.5 Å². The number of amides is 4. The molecule has 2 aromatic carbocycles. The summed E-state index contributed by atoms with van der Waals surface area (Å²) in [5.41, 5.74) is 3.75. The zero-order valence-electron chi connectivity index (χ0n) is 18.2. The first-order valence-corrected chi connectivity index (χ1v) is 11.0. The number of piperidine rings is 1. The Kier molecular flexibility index (Phi) is 4.65. The van der Waals surface area contributed by atoms with Gasteiger partial charge in [-0.05, 0) is 61.6 Å². The Morgan fingerprint density at radius 3 is 2.59 bits per heavy atom. The Bertz CT molecular complexity index is 1170. The summed E-state index contributed by atoms with van der Waals surface area (Å²) in [5.74, 6) is -1.05. The van der Waals surface area contributed by atoms with Gasteiger partial charge >= 0.3 is 0 Å². The molecule has 3 heterocycles. The molecule has 164 valence electrons. The van der Waals surface area contributed by atoms with E-state index < -0.39 is 17.5 Å². The SMILES string of the molecule is CC1(C)c2ccccc2CCN1C(=O)c1ccc2c(c1)CN(C1CCC(=O)NC1=O)C2=O. The van der Waals surface area contributed by atoms with E-state index in [1.54, 1.807) is 18.2 Å². The largest absolute Gasteiger partial charge is 0.329 e. The minimum Gasteiger partial charge on any atom is -0.329 e. The van der Waals surface area contributed by atoms with Gasteiger partial charge in [0.1, 0.15) is 6.04 Å². The van der Waals surface area contributed by atoms with Crippen molar-refractivity contribution in [2.45, 2.75) is 51.2 Å². The number of nitrogens with zero attached hydrogens (tertiary/aromatic N) is 2. The maximum absolute atomic E-state index is 13.5. The number of carbonyl (C=O) groups is 4. The van der Waals surface area contributed by atoms with Crippen molar-refractivity contribution in [3.63, 3.8) is 0 Å². The fourth-order valence-electron chi connectivity index (χ4n) is 5.21. The third-order valence-corrected chi connectivity index (χ3v) is 6.97. The summed E-state index contributed by atoms with van der Waals surface area (Å²) >= 11 is 0. The van der Waals surface area contributed by atoms with E-state index in [1.807, 2.05) is 17.0 Å². The van der Waals surface area contributed by atoms with Crippen LogP contribution in [0.25, 0.3) is 0 Å². The minimum atomic E-state index is -0.663. The molecule has 3 aliphatic heterocycles. The predicted octanol–water partition coefficient (Wildman–Crippen LogP) is 2.38. The van der Waals surface area contributed by atoms with Gasteiger partial charge in [-0.3, -0.25) is 24.5 Å². The summed E-state index contributed by atoms with van der Waals surface area (Å²) in [5, 5.41) is 2.31. The summed E-state index contributed by atoms with van der Waals surface area (Å²) in [6.45, 7) is 5.00. The highest BCUT2D eigenvalue weighted by Crippen LogP contribution is 2.36. The van der Waals surface area contributed by atoms with Gasteiger partial charge in [-0.25, -0.2) is 0 Å². The lowest BCUT2D eigenvalue weighted by Crippen LogP contribution is -2.52. The molecule has 0 aromatic heterocycles. The maximum atomic E-state index is 13.5. The average molecular weight is 431 g/mol. The monoisotopic (exact) mass is 431 g/mol. The molecule has 1 fully saturated rings. The van der Waals surface area contributed by atoms with Crippen LogP contribution in [0, 0.1) is 0 Å². The van der Waals surface area contributed by atoms with Crippen molar-refractivity contribution in [1.29, 1.82) is 0 Å². The van der Waals surface area contributed by atoms with Gasteiger partial charge in [0.15, 0.2) is 0 Å². The van der Waals surface area contributed by atoms with E-state index in [2.05, 4.69) is 31.3 Å². The second-order valence-corrected chi connectivity index (χ2v) is 9.19. The van der Waals surface area contributed by atoms with Crippen molar-refractivity contribution in [2.75, 3.05) is 6.54 Å². The molecular weight excluding hydrogens is 406 g/mol. The summed E-state index contributed by atoms with van der Waals surface area (Å²) in [6.07, 6.45) is 1.33. The molecule has 0 bridgehead atoms. The number of rotatable bonds is 2. The van der Waals surface area contributed by atoms with Crippen LogP contribution in [0.2, 0.25) is 0 Å². The van der Waals surface area contributed by atoms with E-state index in [4.69, 9.17) is 0 Å². The quantitative estimate of drug-likeness (QED) is 0.740. The molecule has 7 nitrogen and oxygen atoms in total. The molecule has 1 atom stereocenters. The van der Waals surface area contributed by atoms with Gasteiger partial charge in [0, 0.05) is 30.6 Å². The maximum Gasteiger partial charge on any atom is 0.255 e. The third kappa shape index (κ3) is 3.11. The summed E-state index contributed by atoms with van der Waals surface area (Å²) in [7, 11) is 0. The fraction of sp³-hybridized carbons (Fsp3) is 0.360. The Morgan fingerprint density at radius 1 is 1.03 bits per heavy atom. The zero-order valence-corrected chi connectivity index (χ0v) is 18.2. The van der Waals surface area contributed by atoms with E-state index >= 15 is 0 Å². The second-order valence-electron chi connectivity index (χ2n) is 9.19. The molecule has 0 spiro atoms. The molecular formula is C25H25N3O4. The molecule has 0 saturated carbocycles. The van der Waals surface area contributed by atoms with Crippen molar-refractivity contribution in [1.82, 2.24) is 15.1 Å². The van der Waals surface area contributed by atoms with Crippen molar-refractivity contribution in [3.05, 3.63) is 70.3 Å². The fourth-order valence-corrected chi connectivity index (χ4v) is 5.21. The van der Waals surface area contributed by atoms with Crippen LogP contribution in [0.3, 0.4) is 0 Å². The molecule has 4 amide bonds. The number of hydrogen-bond donors (Lipinski definition) is 1. The number of nitrogens with one attached hydrogen (secondary N) is 1. The van der Waals surface area contributed by atoms with Crippen molar-refractivity contribution in [3.8, 4) is 0 Å². The number of hydrogen-bond acceptors (Lipinski definition) is 4. The van der Waals surface area contributed by atoms with Crippen LogP contribution in [0.5, 0.6) is 0 Å². The highest BCUT2D eigenvalue weighted by molar-refractivity contribution is 6.06. The van der Waals surface area contributed by atoms with E-state index in [9.17, 15) is 19.2 Å². The first kappa shape index (κ1) is 20.4. The van der Waals surface area contributed by atoms with Crippen molar-refractivity contribution in [2.24, 2.45) is 0 Å². The van der Waals surface area contributed by atoms with Gasteiger partial charge in [-0.2, -0.15) is 0 Å². The minimum absolute atomic E-state index is 0.0702. The zero-order chi connectivity index (χ0) is 22.6. The van der Waals surface area contributed by atoms with Crippen LogP contribution < -0.4 is 5.32 Å². The second kappa shape index (κ2) is 7.29. The summed E-state index contributed by atoms with van der Waals surface area (Å²) in [6, 6.07) is 12.7. The topological polar surface area (TPSA) is 86.8 Å². The van der Waals surface area contributed by atoms with Crippen LogP contribution in [0.1, 0.15) is 64.1 Å².